The largest absolute Gasteiger partial charge is 0.495 e. The average molecular weight is 451 g/mol. The number of halogens is 1. The Bertz CT molecular complexity index is 1290. The Morgan fingerprint density at radius 2 is 1.87 bits per heavy atom. The van der Waals surface area contributed by atoms with Crippen LogP contribution in [0, 0.1) is 0 Å². The molecule has 8 heteroatoms. The molecule has 4 rings (SSSR count). The maximum absolute atomic E-state index is 10.9. The number of nitrogens with zero attached hydrogens (tertiary/aromatic N) is 3. The molecule has 0 bridgehead atoms. The first-order valence-electron chi connectivity index (χ1n) is 9.47. The zero-order valence-corrected chi connectivity index (χ0v) is 18.2. The lowest BCUT2D eigenvalue weighted by molar-refractivity contribution is 0.417. The van der Waals surface area contributed by atoms with Crippen LogP contribution >= 0.6 is 23.8 Å². The standard InChI is InChI=1S/C23H19ClN4O2S/c1-30-20-12-5-3-10-18(20)25-23(31)27-26-21-17-9-2-4-11-19(17)28(22(21)29)14-15-7-6-8-16(24)13-15/h2-13,29H,14H2,1H3,(H,25,31). The summed E-state index contributed by atoms with van der Waals surface area (Å²) in [5.41, 5.74) is 2.82. The Morgan fingerprint density at radius 3 is 2.68 bits per heavy atom. The number of nitrogens with one attached hydrogen (secondary N) is 1. The third-order valence-corrected chi connectivity index (χ3v) is 5.16. The number of aromatic hydroxyl groups is 1. The molecule has 1 heterocycles. The molecule has 0 aliphatic rings. The van der Waals surface area contributed by atoms with E-state index in [0.717, 1.165) is 16.5 Å². The molecule has 0 aliphatic heterocycles. The number of anilines is 1. The quantitative estimate of drug-likeness (QED) is 0.267. The van der Waals surface area contributed by atoms with Crippen molar-refractivity contribution in [1.29, 1.82) is 0 Å². The second-order valence-electron chi connectivity index (χ2n) is 6.74. The summed E-state index contributed by atoms with van der Waals surface area (Å²) in [5, 5.41) is 23.8. The summed E-state index contributed by atoms with van der Waals surface area (Å²) >= 11 is 11.4. The first kappa shape index (κ1) is 20.8. The lowest BCUT2D eigenvalue weighted by Crippen LogP contribution is -2.06. The summed E-state index contributed by atoms with van der Waals surface area (Å²) in [6, 6.07) is 22.5. The van der Waals surface area contributed by atoms with E-state index in [1.54, 1.807) is 11.7 Å². The van der Waals surface area contributed by atoms with Gasteiger partial charge in [0.05, 0.1) is 24.9 Å². The minimum absolute atomic E-state index is 0.00465. The van der Waals surface area contributed by atoms with E-state index in [2.05, 4.69) is 15.5 Å². The highest BCUT2D eigenvalue weighted by atomic mass is 35.5. The molecule has 6 nitrogen and oxygen atoms in total. The van der Waals surface area contributed by atoms with Gasteiger partial charge < -0.3 is 19.7 Å². The van der Waals surface area contributed by atoms with Crippen LogP contribution in [0.2, 0.25) is 5.02 Å². The predicted octanol–water partition coefficient (Wildman–Crippen LogP) is 6.54. The molecule has 156 valence electrons. The van der Waals surface area contributed by atoms with Gasteiger partial charge >= 0.3 is 0 Å². The SMILES string of the molecule is COc1ccccc1NC(=S)N=Nc1c(O)n(Cc2cccc(Cl)c2)c2ccccc12. The van der Waals surface area contributed by atoms with E-state index in [1.807, 2.05) is 72.8 Å². The highest BCUT2D eigenvalue weighted by molar-refractivity contribution is 7.80. The molecular formula is C23H19ClN4O2S. The second kappa shape index (κ2) is 9.16. The molecule has 0 unspecified atom stereocenters. The van der Waals surface area contributed by atoms with Crippen molar-refractivity contribution in [3.63, 3.8) is 0 Å². The Labute approximate surface area is 189 Å². The second-order valence-corrected chi connectivity index (χ2v) is 7.56. The van der Waals surface area contributed by atoms with E-state index in [0.29, 0.717) is 28.7 Å². The van der Waals surface area contributed by atoms with Crippen molar-refractivity contribution in [3.8, 4) is 11.6 Å². The summed E-state index contributed by atoms with van der Waals surface area (Å²) in [4.78, 5) is 0. The molecule has 31 heavy (non-hydrogen) atoms. The number of para-hydroxylation sites is 3. The van der Waals surface area contributed by atoms with Crippen LogP contribution in [0.4, 0.5) is 11.4 Å². The topological polar surface area (TPSA) is 71.1 Å². The average Bonchev–Trinajstić information content (AvgIpc) is 3.04. The normalized spacial score (nSPS) is 11.2. The van der Waals surface area contributed by atoms with Crippen LogP contribution in [0.25, 0.3) is 10.9 Å². The molecule has 2 N–H and O–H groups in total. The first-order valence-corrected chi connectivity index (χ1v) is 10.3. The minimum atomic E-state index is 0.00465. The van der Waals surface area contributed by atoms with Crippen LogP contribution in [-0.2, 0) is 6.54 Å². The fourth-order valence-electron chi connectivity index (χ4n) is 3.33. The maximum Gasteiger partial charge on any atom is 0.221 e. The number of benzene rings is 3. The van der Waals surface area contributed by atoms with Gasteiger partial charge in [-0.1, -0.05) is 54.1 Å². The molecule has 0 radical (unpaired) electrons. The Balaban J connectivity index is 1.65. The highest BCUT2D eigenvalue weighted by Crippen LogP contribution is 2.39. The van der Waals surface area contributed by atoms with E-state index in [-0.39, 0.29) is 11.0 Å². The summed E-state index contributed by atoms with van der Waals surface area (Å²) in [7, 11) is 1.58. The van der Waals surface area contributed by atoms with Crippen molar-refractivity contribution < 1.29 is 9.84 Å². The molecular weight excluding hydrogens is 432 g/mol. The first-order chi connectivity index (χ1) is 15.1. The molecule has 3 aromatic carbocycles. The zero-order valence-electron chi connectivity index (χ0n) is 16.6. The van der Waals surface area contributed by atoms with E-state index < -0.39 is 0 Å². The Kier molecular flexibility index (Phi) is 6.16. The van der Waals surface area contributed by atoms with Gasteiger partial charge in [0.15, 0.2) is 5.69 Å². The summed E-state index contributed by atoms with van der Waals surface area (Å²) in [5.74, 6) is 0.644. The van der Waals surface area contributed by atoms with Crippen molar-refractivity contribution in [2.75, 3.05) is 12.4 Å². The van der Waals surface area contributed by atoms with E-state index in [9.17, 15) is 5.11 Å². The lowest BCUT2D eigenvalue weighted by Gasteiger charge is -2.08. The number of hydrogen-bond acceptors (Lipinski definition) is 4. The van der Waals surface area contributed by atoms with Crippen molar-refractivity contribution in [2.45, 2.75) is 6.54 Å². The van der Waals surface area contributed by atoms with Crippen LogP contribution in [-0.4, -0.2) is 21.9 Å². The molecule has 4 aromatic rings. The molecule has 0 fully saturated rings. The highest BCUT2D eigenvalue weighted by Gasteiger charge is 2.17. The molecule has 0 spiro atoms. The lowest BCUT2D eigenvalue weighted by atomic mass is 10.2. The number of thiocarbonyl (C=S) groups is 1. The number of hydrogen-bond donors (Lipinski definition) is 2. The summed E-state index contributed by atoms with van der Waals surface area (Å²) < 4.78 is 7.08. The van der Waals surface area contributed by atoms with Crippen LogP contribution < -0.4 is 10.1 Å². The summed E-state index contributed by atoms with van der Waals surface area (Å²) in [6.45, 7) is 0.437. The van der Waals surface area contributed by atoms with E-state index in [4.69, 9.17) is 28.6 Å². The van der Waals surface area contributed by atoms with Crippen molar-refractivity contribution >= 4 is 51.2 Å². The third-order valence-electron chi connectivity index (χ3n) is 4.74. The number of rotatable bonds is 5. The van der Waals surface area contributed by atoms with Crippen molar-refractivity contribution in [1.82, 2.24) is 4.57 Å². The smallest absolute Gasteiger partial charge is 0.221 e. The molecule has 1 aromatic heterocycles. The number of methoxy groups -OCH3 is 1. The number of fused-ring (bicyclic) bond motifs is 1. The van der Waals surface area contributed by atoms with Gasteiger partial charge in [-0.05, 0) is 48.1 Å². The predicted molar refractivity (Wildman–Crippen MR) is 128 cm³/mol. The van der Waals surface area contributed by atoms with Crippen molar-refractivity contribution in [3.05, 3.63) is 83.4 Å². The maximum atomic E-state index is 10.9. The third kappa shape index (κ3) is 4.52. The Hall–Kier alpha value is -3.42. The Morgan fingerprint density at radius 1 is 1.10 bits per heavy atom. The molecule has 0 saturated heterocycles. The van der Waals surface area contributed by atoms with E-state index in [1.165, 1.54) is 0 Å². The fourth-order valence-corrected chi connectivity index (χ4v) is 3.70. The van der Waals surface area contributed by atoms with Crippen molar-refractivity contribution in [2.24, 2.45) is 10.2 Å². The van der Waals surface area contributed by atoms with Gasteiger partial charge in [0.1, 0.15) is 5.75 Å². The number of aromatic nitrogens is 1. The number of ether oxygens (including phenoxy) is 1. The van der Waals surface area contributed by atoms with Crippen LogP contribution in [0.15, 0.2) is 83.0 Å². The van der Waals surface area contributed by atoms with Gasteiger partial charge in [0, 0.05) is 10.4 Å². The van der Waals surface area contributed by atoms with E-state index >= 15 is 0 Å². The number of azo groups is 1. The molecule has 0 atom stereocenters. The zero-order chi connectivity index (χ0) is 21.8. The molecule has 0 aliphatic carbocycles. The van der Waals surface area contributed by atoms with Gasteiger partial charge in [-0.2, -0.15) is 0 Å². The van der Waals surface area contributed by atoms with Crippen LogP contribution in [0.1, 0.15) is 5.56 Å². The minimum Gasteiger partial charge on any atom is -0.495 e. The summed E-state index contributed by atoms with van der Waals surface area (Å²) in [6.07, 6.45) is 0. The van der Waals surface area contributed by atoms with Gasteiger partial charge in [-0.15, -0.1) is 10.2 Å². The van der Waals surface area contributed by atoms with Crippen LogP contribution in [0.3, 0.4) is 0 Å². The van der Waals surface area contributed by atoms with Gasteiger partial charge in [-0.25, -0.2) is 0 Å². The van der Waals surface area contributed by atoms with Gasteiger partial charge in [0.25, 0.3) is 0 Å². The molecule has 0 saturated carbocycles. The fraction of sp³-hybridized carbons (Fsp3) is 0.0870. The van der Waals surface area contributed by atoms with Gasteiger partial charge in [0.2, 0.25) is 11.0 Å². The molecule has 0 amide bonds. The monoisotopic (exact) mass is 450 g/mol. The van der Waals surface area contributed by atoms with Gasteiger partial charge in [-0.3, -0.25) is 0 Å². The van der Waals surface area contributed by atoms with Crippen LogP contribution in [0.5, 0.6) is 11.6 Å².